The highest BCUT2D eigenvalue weighted by molar-refractivity contribution is 5.91. The van der Waals surface area contributed by atoms with E-state index in [1.165, 1.54) is 10.8 Å². The molecule has 0 atom stereocenters. The Hall–Kier alpha value is -2.99. The summed E-state index contributed by atoms with van der Waals surface area (Å²) in [7, 11) is 1.62. The van der Waals surface area contributed by atoms with Gasteiger partial charge in [0.25, 0.3) is 5.56 Å². The normalized spacial score (nSPS) is 10.7. The Morgan fingerprint density at radius 2 is 2.04 bits per heavy atom. The quantitative estimate of drug-likeness (QED) is 0.781. The van der Waals surface area contributed by atoms with Crippen LogP contribution in [-0.4, -0.2) is 22.6 Å². The molecule has 0 aliphatic heterocycles. The van der Waals surface area contributed by atoms with Crippen molar-refractivity contribution in [2.45, 2.75) is 13.2 Å². The van der Waals surface area contributed by atoms with Gasteiger partial charge in [0.2, 0.25) is 5.91 Å². The van der Waals surface area contributed by atoms with Gasteiger partial charge in [-0.15, -0.1) is 0 Å². The first-order chi connectivity index (χ1) is 11.7. The van der Waals surface area contributed by atoms with Crippen LogP contribution in [0, 0.1) is 0 Å². The number of hydrogen-bond donors (Lipinski definition) is 1. The molecule has 3 aromatic rings. The SMILES string of the molecule is COCc1cccc(NC(=O)Cn2c(=O)cnc3ccccc32)c1. The maximum atomic E-state index is 12.3. The Morgan fingerprint density at radius 1 is 1.21 bits per heavy atom. The van der Waals surface area contributed by atoms with Gasteiger partial charge in [0.05, 0.1) is 23.8 Å². The van der Waals surface area contributed by atoms with E-state index < -0.39 is 0 Å². The first-order valence-electron chi connectivity index (χ1n) is 7.49. The van der Waals surface area contributed by atoms with Gasteiger partial charge in [-0.2, -0.15) is 0 Å². The number of para-hydroxylation sites is 2. The van der Waals surface area contributed by atoms with E-state index in [1.807, 2.05) is 30.3 Å². The van der Waals surface area contributed by atoms with E-state index in [-0.39, 0.29) is 18.0 Å². The Balaban J connectivity index is 1.82. The molecule has 6 heteroatoms. The van der Waals surface area contributed by atoms with Crippen molar-refractivity contribution in [1.82, 2.24) is 9.55 Å². The Kier molecular flexibility index (Phi) is 4.67. The number of carbonyl (C=O) groups excluding carboxylic acids is 1. The minimum absolute atomic E-state index is 0.0730. The molecular formula is C18H17N3O3. The molecule has 2 aromatic carbocycles. The molecule has 1 heterocycles. The number of carbonyl (C=O) groups is 1. The van der Waals surface area contributed by atoms with Crippen LogP contribution >= 0.6 is 0 Å². The molecule has 0 bridgehead atoms. The van der Waals surface area contributed by atoms with Gasteiger partial charge in [-0.05, 0) is 29.8 Å². The van der Waals surface area contributed by atoms with Gasteiger partial charge in [0.1, 0.15) is 6.54 Å². The van der Waals surface area contributed by atoms with Gasteiger partial charge in [-0.25, -0.2) is 4.98 Å². The Morgan fingerprint density at radius 3 is 2.88 bits per heavy atom. The third-order valence-electron chi connectivity index (χ3n) is 3.58. The molecule has 0 aliphatic rings. The van der Waals surface area contributed by atoms with Crippen LogP contribution in [0.2, 0.25) is 0 Å². The van der Waals surface area contributed by atoms with Crippen molar-refractivity contribution in [2.24, 2.45) is 0 Å². The number of benzene rings is 2. The molecule has 24 heavy (non-hydrogen) atoms. The van der Waals surface area contributed by atoms with Crippen molar-refractivity contribution in [2.75, 3.05) is 12.4 Å². The molecule has 1 N–H and O–H groups in total. The number of nitrogens with one attached hydrogen (secondary N) is 1. The Bertz CT molecular complexity index is 934. The van der Waals surface area contributed by atoms with Crippen LogP contribution in [0.25, 0.3) is 11.0 Å². The van der Waals surface area contributed by atoms with Crippen LogP contribution in [0.3, 0.4) is 0 Å². The van der Waals surface area contributed by atoms with Gasteiger partial charge in [0, 0.05) is 12.8 Å². The molecule has 122 valence electrons. The number of methoxy groups -OCH3 is 1. The monoisotopic (exact) mass is 323 g/mol. The fourth-order valence-corrected chi connectivity index (χ4v) is 2.53. The zero-order chi connectivity index (χ0) is 16.9. The Labute approximate surface area is 138 Å². The zero-order valence-electron chi connectivity index (χ0n) is 13.2. The summed E-state index contributed by atoms with van der Waals surface area (Å²) in [6.45, 7) is 0.397. The first-order valence-corrected chi connectivity index (χ1v) is 7.49. The van der Waals surface area contributed by atoms with Gasteiger partial charge in [-0.1, -0.05) is 24.3 Å². The summed E-state index contributed by atoms with van der Waals surface area (Å²) in [4.78, 5) is 28.5. The molecule has 3 rings (SSSR count). The molecular weight excluding hydrogens is 306 g/mol. The highest BCUT2D eigenvalue weighted by Crippen LogP contribution is 2.12. The predicted octanol–water partition coefficient (Wildman–Crippen LogP) is 2.18. The van der Waals surface area contributed by atoms with E-state index in [4.69, 9.17) is 4.74 Å². The largest absolute Gasteiger partial charge is 0.380 e. The van der Waals surface area contributed by atoms with E-state index in [9.17, 15) is 9.59 Å². The second-order valence-electron chi connectivity index (χ2n) is 5.35. The van der Waals surface area contributed by atoms with Crippen molar-refractivity contribution < 1.29 is 9.53 Å². The number of aromatic nitrogens is 2. The predicted molar refractivity (Wildman–Crippen MR) is 91.8 cm³/mol. The first kappa shape index (κ1) is 15.9. The molecule has 0 aliphatic carbocycles. The summed E-state index contributed by atoms with van der Waals surface area (Å²) >= 11 is 0. The fourth-order valence-electron chi connectivity index (χ4n) is 2.53. The molecule has 0 radical (unpaired) electrons. The lowest BCUT2D eigenvalue weighted by molar-refractivity contribution is -0.116. The number of nitrogens with zero attached hydrogens (tertiary/aromatic N) is 2. The lowest BCUT2D eigenvalue weighted by Crippen LogP contribution is -2.28. The van der Waals surface area contributed by atoms with Crippen molar-refractivity contribution in [1.29, 1.82) is 0 Å². The third-order valence-corrected chi connectivity index (χ3v) is 3.58. The number of anilines is 1. The van der Waals surface area contributed by atoms with Crippen LogP contribution in [0.5, 0.6) is 0 Å². The number of hydrogen-bond acceptors (Lipinski definition) is 4. The van der Waals surface area contributed by atoms with Crippen LogP contribution < -0.4 is 10.9 Å². The molecule has 0 saturated carbocycles. The van der Waals surface area contributed by atoms with Crippen LogP contribution in [0.4, 0.5) is 5.69 Å². The van der Waals surface area contributed by atoms with E-state index in [1.54, 1.807) is 25.3 Å². The maximum absolute atomic E-state index is 12.3. The van der Waals surface area contributed by atoms with Gasteiger partial charge >= 0.3 is 0 Å². The second-order valence-corrected chi connectivity index (χ2v) is 5.35. The molecule has 1 aromatic heterocycles. The molecule has 0 saturated heterocycles. The average Bonchev–Trinajstić information content (AvgIpc) is 2.58. The van der Waals surface area contributed by atoms with Crippen LogP contribution in [0.1, 0.15) is 5.56 Å². The minimum atomic E-state index is -0.308. The topological polar surface area (TPSA) is 73.2 Å². The van der Waals surface area contributed by atoms with Crippen molar-refractivity contribution in [3.63, 3.8) is 0 Å². The molecule has 0 fully saturated rings. The fraction of sp³-hybridized carbons (Fsp3) is 0.167. The number of ether oxygens (including phenoxy) is 1. The van der Waals surface area contributed by atoms with E-state index in [2.05, 4.69) is 10.3 Å². The van der Waals surface area contributed by atoms with Gasteiger partial charge in [-0.3, -0.25) is 14.2 Å². The van der Waals surface area contributed by atoms with Crippen LogP contribution in [-0.2, 0) is 22.7 Å². The highest BCUT2D eigenvalue weighted by atomic mass is 16.5. The van der Waals surface area contributed by atoms with Gasteiger partial charge < -0.3 is 10.1 Å². The highest BCUT2D eigenvalue weighted by Gasteiger charge is 2.09. The second kappa shape index (κ2) is 7.06. The molecule has 0 spiro atoms. The minimum Gasteiger partial charge on any atom is -0.380 e. The third kappa shape index (κ3) is 3.49. The summed E-state index contributed by atoms with van der Waals surface area (Å²) in [5, 5.41) is 2.81. The number of rotatable bonds is 5. The van der Waals surface area contributed by atoms with Gasteiger partial charge in [0.15, 0.2) is 0 Å². The lowest BCUT2D eigenvalue weighted by Gasteiger charge is -2.10. The molecule has 6 nitrogen and oxygen atoms in total. The van der Waals surface area contributed by atoms with E-state index in [0.29, 0.717) is 23.3 Å². The summed E-state index contributed by atoms with van der Waals surface area (Å²) in [6.07, 6.45) is 1.23. The van der Waals surface area contributed by atoms with E-state index >= 15 is 0 Å². The smallest absolute Gasteiger partial charge is 0.269 e. The number of fused-ring (bicyclic) bond motifs is 1. The lowest BCUT2D eigenvalue weighted by atomic mass is 10.2. The average molecular weight is 323 g/mol. The zero-order valence-corrected chi connectivity index (χ0v) is 13.2. The van der Waals surface area contributed by atoms with Crippen molar-refractivity contribution >= 4 is 22.6 Å². The van der Waals surface area contributed by atoms with Crippen LogP contribution in [0.15, 0.2) is 59.5 Å². The standard InChI is InChI=1S/C18H17N3O3/c1-24-12-13-5-4-6-14(9-13)20-17(22)11-21-16-8-3-2-7-15(16)19-10-18(21)23/h2-10H,11-12H2,1H3,(H,20,22). The van der Waals surface area contributed by atoms with Crippen molar-refractivity contribution in [3.05, 3.63) is 70.6 Å². The van der Waals surface area contributed by atoms with E-state index in [0.717, 1.165) is 5.56 Å². The maximum Gasteiger partial charge on any atom is 0.269 e. The summed E-state index contributed by atoms with van der Waals surface area (Å²) in [5.74, 6) is -0.275. The summed E-state index contributed by atoms with van der Waals surface area (Å²) in [6, 6.07) is 14.6. The number of amides is 1. The van der Waals surface area contributed by atoms with Crippen molar-refractivity contribution in [3.8, 4) is 0 Å². The summed E-state index contributed by atoms with van der Waals surface area (Å²) in [5.41, 5.74) is 2.63. The molecule has 1 amide bonds. The molecule has 0 unspecified atom stereocenters. The summed E-state index contributed by atoms with van der Waals surface area (Å²) < 4.78 is 6.50.